The average Bonchev–Trinajstić information content (AvgIpc) is 3.22. The number of benzene rings is 1. The second-order valence-electron chi connectivity index (χ2n) is 4.74. The Morgan fingerprint density at radius 2 is 1.78 bits per heavy atom. The predicted octanol–water partition coefficient (Wildman–Crippen LogP) is 2.32. The zero-order valence-corrected chi connectivity index (χ0v) is 12.2. The Balaban J connectivity index is 1.64. The summed E-state index contributed by atoms with van der Waals surface area (Å²) < 4.78 is 10.2. The predicted molar refractivity (Wildman–Crippen MR) is 80.3 cm³/mol. The van der Waals surface area contributed by atoms with Crippen LogP contribution in [0.4, 0.5) is 0 Å². The Labute approximate surface area is 131 Å². The van der Waals surface area contributed by atoms with E-state index < -0.39 is 11.8 Å². The maximum absolute atomic E-state index is 12.0. The van der Waals surface area contributed by atoms with Crippen molar-refractivity contribution in [3.05, 3.63) is 65.7 Å². The van der Waals surface area contributed by atoms with Gasteiger partial charge in [0.1, 0.15) is 5.76 Å². The third-order valence-electron chi connectivity index (χ3n) is 3.19. The summed E-state index contributed by atoms with van der Waals surface area (Å²) in [5.74, 6) is -0.126. The van der Waals surface area contributed by atoms with Crippen LogP contribution in [0.3, 0.4) is 0 Å². The van der Waals surface area contributed by atoms with Gasteiger partial charge in [0.2, 0.25) is 0 Å². The van der Waals surface area contributed by atoms with Crippen LogP contribution < -0.4 is 10.9 Å². The van der Waals surface area contributed by atoms with Crippen molar-refractivity contribution in [3.63, 3.8) is 0 Å². The highest BCUT2D eigenvalue weighted by Gasteiger charge is 2.16. The van der Waals surface area contributed by atoms with Gasteiger partial charge in [-0.05, 0) is 13.0 Å². The number of aromatic nitrogens is 1. The smallest absolute Gasteiger partial charge is 0.291 e. The van der Waals surface area contributed by atoms with Gasteiger partial charge in [-0.2, -0.15) is 0 Å². The molecule has 3 aromatic rings. The molecular formula is C16H13N3O4. The van der Waals surface area contributed by atoms with Crippen molar-refractivity contribution in [2.75, 3.05) is 0 Å². The van der Waals surface area contributed by atoms with Gasteiger partial charge >= 0.3 is 0 Å². The molecule has 0 saturated heterocycles. The third kappa shape index (κ3) is 3.13. The minimum atomic E-state index is -0.578. The Hall–Kier alpha value is -3.35. The van der Waals surface area contributed by atoms with E-state index in [4.69, 9.17) is 8.94 Å². The lowest BCUT2D eigenvalue weighted by molar-refractivity contribution is 0.0840. The molecule has 2 N–H and O–H groups in total. The van der Waals surface area contributed by atoms with Gasteiger partial charge in [0.25, 0.3) is 11.8 Å². The molecule has 23 heavy (non-hydrogen) atoms. The first-order valence-electron chi connectivity index (χ1n) is 6.82. The van der Waals surface area contributed by atoms with E-state index in [0.717, 1.165) is 5.56 Å². The van der Waals surface area contributed by atoms with Crippen molar-refractivity contribution in [1.82, 2.24) is 16.0 Å². The van der Waals surface area contributed by atoms with Gasteiger partial charge in [-0.1, -0.05) is 35.5 Å². The third-order valence-corrected chi connectivity index (χ3v) is 3.19. The van der Waals surface area contributed by atoms with E-state index in [1.165, 1.54) is 18.4 Å². The SMILES string of the molecule is Cc1occc1C(=O)NNC(=O)c1cc(-c2ccccc2)on1. The Morgan fingerprint density at radius 3 is 2.48 bits per heavy atom. The summed E-state index contributed by atoms with van der Waals surface area (Å²) in [6, 6.07) is 12.3. The molecule has 3 rings (SSSR count). The highest BCUT2D eigenvalue weighted by atomic mass is 16.5. The van der Waals surface area contributed by atoms with Crippen LogP contribution in [0.1, 0.15) is 26.6 Å². The van der Waals surface area contributed by atoms with Crippen molar-refractivity contribution < 1.29 is 18.5 Å². The summed E-state index contributed by atoms with van der Waals surface area (Å²) >= 11 is 0. The zero-order chi connectivity index (χ0) is 16.2. The fourth-order valence-electron chi connectivity index (χ4n) is 1.99. The van der Waals surface area contributed by atoms with Crippen LogP contribution in [0.5, 0.6) is 0 Å². The fourth-order valence-corrected chi connectivity index (χ4v) is 1.99. The summed E-state index contributed by atoms with van der Waals surface area (Å²) in [4.78, 5) is 23.8. The summed E-state index contributed by atoms with van der Waals surface area (Å²) in [6.45, 7) is 1.65. The highest BCUT2D eigenvalue weighted by Crippen LogP contribution is 2.19. The summed E-state index contributed by atoms with van der Waals surface area (Å²) in [6.07, 6.45) is 1.40. The number of nitrogens with zero attached hydrogens (tertiary/aromatic N) is 1. The number of furan rings is 1. The minimum Gasteiger partial charge on any atom is -0.469 e. The average molecular weight is 311 g/mol. The summed E-state index contributed by atoms with van der Waals surface area (Å²) in [5.41, 5.74) is 5.78. The normalized spacial score (nSPS) is 10.3. The van der Waals surface area contributed by atoms with E-state index >= 15 is 0 Å². The van der Waals surface area contributed by atoms with E-state index in [1.807, 2.05) is 30.3 Å². The summed E-state index contributed by atoms with van der Waals surface area (Å²) in [5, 5.41) is 3.69. The van der Waals surface area contributed by atoms with Crippen LogP contribution in [-0.2, 0) is 0 Å². The lowest BCUT2D eigenvalue weighted by Gasteiger charge is -2.04. The molecule has 7 nitrogen and oxygen atoms in total. The topological polar surface area (TPSA) is 97.4 Å². The number of hydrogen-bond donors (Lipinski definition) is 2. The first kappa shape index (κ1) is 14.6. The van der Waals surface area contributed by atoms with E-state index in [-0.39, 0.29) is 5.69 Å². The molecule has 0 aliphatic rings. The van der Waals surface area contributed by atoms with Gasteiger partial charge in [-0.3, -0.25) is 20.4 Å². The number of carbonyl (C=O) groups excluding carboxylic acids is 2. The number of hydrazine groups is 1. The van der Waals surface area contributed by atoms with E-state index in [9.17, 15) is 9.59 Å². The monoisotopic (exact) mass is 311 g/mol. The van der Waals surface area contributed by atoms with Gasteiger partial charge < -0.3 is 8.94 Å². The Bertz CT molecular complexity index is 836. The first-order chi connectivity index (χ1) is 11.1. The van der Waals surface area contributed by atoms with Gasteiger partial charge in [0.05, 0.1) is 11.8 Å². The maximum Gasteiger partial charge on any atom is 0.291 e. The second-order valence-corrected chi connectivity index (χ2v) is 4.74. The lowest BCUT2D eigenvalue weighted by Crippen LogP contribution is -2.41. The van der Waals surface area contributed by atoms with Crippen molar-refractivity contribution in [2.24, 2.45) is 0 Å². The molecule has 0 atom stereocenters. The first-order valence-corrected chi connectivity index (χ1v) is 6.82. The van der Waals surface area contributed by atoms with Crippen molar-refractivity contribution >= 4 is 11.8 Å². The molecule has 1 aromatic carbocycles. The molecular weight excluding hydrogens is 298 g/mol. The molecule has 7 heteroatoms. The van der Waals surface area contributed by atoms with E-state index in [2.05, 4.69) is 16.0 Å². The molecule has 0 fully saturated rings. The maximum atomic E-state index is 12.0. The Morgan fingerprint density at radius 1 is 1.04 bits per heavy atom. The molecule has 2 heterocycles. The lowest BCUT2D eigenvalue weighted by atomic mass is 10.1. The molecule has 0 saturated carbocycles. The van der Waals surface area contributed by atoms with Gasteiger partial charge in [-0.15, -0.1) is 0 Å². The highest BCUT2D eigenvalue weighted by molar-refractivity contribution is 5.98. The molecule has 2 aromatic heterocycles. The van der Waals surface area contributed by atoms with E-state index in [0.29, 0.717) is 17.1 Å². The second kappa shape index (κ2) is 6.18. The van der Waals surface area contributed by atoms with Crippen molar-refractivity contribution in [3.8, 4) is 11.3 Å². The number of aryl methyl sites for hydroxylation is 1. The number of hydrogen-bond acceptors (Lipinski definition) is 5. The van der Waals surface area contributed by atoms with Crippen LogP contribution in [0, 0.1) is 6.92 Å². The molecule has 2 amide bonds. The molecule has 0 bridgehead atoms. The van der Waals surface area contributed by atoms with Gasteiger partial charge in [-0.25, -0.2) is 0 Å². The molecule has 0 aliphatic heterocycles. The molecule has 0 unspecified atom stereocenters. The summed E-state index contributed by atoms with van der Waals surface area (Å²) in [7, 11) is 0. The van der Waals surface area contributed by atoms with Crippen LogP contribution in [-0.4, -0.2) is 17.0 Å². The number of carbonyl (C=O) groups is 2. The van der Waals surface area contributed by atoms with Crippen LogP contribution in [0.15, 0.2) is 57.7 Å². The van der Waals surface area contributed by atoms with Crippen LogP contribution in [0.25, 0.3) is 11.3 Å². The largest absolute Gasteiger partial charge is 0.469 e. The molecule has 116 valence electrons. The van der Waals surface area contributed by atoms with Crippen molar-refractivity contribution in [1.29, 1.82) is 0 Å². The molecule has 0 aliphatic carbocycles. The number of rotatable bonds is 3. The minimum absolute atomic E-state index is 0.0630. The number of nitrogens with one attached hydrogen (secondary N) is 2. The van der Waals surface area contributed by atoms with Crippen LogP contribution >= 0.6 is 0 Å². The Kier molecular flexibility index (Phi) is 3.92. The quantitative estimate of drug-likeness (QED) is 0.723. The molecule has 0 radical (unpaired) electrons. The molecule has 0 spiro atoms. The van der Waals surface area contributed by atoms with Gasteiger partial charge in [0.15, 0.2) is 11.5 Å². The van der Waals surface area contributed by atoms with Crippen molar-refractivity contribution in [2.45, 2.75) is 6.92 Å². The number of amides is 2. The standard InChI is InChI=1S/C16H13N3O4/c1-10-12(7-8-22-10)15(20)17-18-16(21)13-9-14(23-19-13)11-5-3-2-4-6-11/h2-9H,1H3,(H,17,20)(H,18,21). The zero-order valence-electron chi connectivity index (χ0n) is 12.2. The fraction of sp³-hybridized carbons (Fsp3) is 0.0625. The van der Waals surface area contributed by atoms with Crippen LogP contribution in [0.2, 0.25) is 0 Å². The van der Waals surface area contributed by atoms with Gasteiger partial charge in [0, 0.05) is 11.6 Å². The van der Waals surface area contributed by atoms with E-state index in [1.54, 1.807) is 6.92 Å².